The van der Waals surface area contributed by atoms with Crippen molar-refractivity contribution in [3.05, 3.63) is 76.4 Å². The van der Waals surface area contributed by atoms with Crippen molar-refractivity contribution in [3.63, 3.8) is 0 Å². The van der Waals surface area contributed by atoms with Crippen LogP contribution in [-0.4, -0.2) is 28.9 Å². The Balaban J connectivity index is 1.60. The minimum atomic E-state index is -3.85. The van der Waals surface area contributed by atoms with Crippen molar-refractivity contribution < 1.29 is 8.42 Å². The van der Waals surface area contributed by atoms with Crippen LogP contribution in [0.1, 0.15) is 5.56 Å². The Hall–Kier alpha value is -2.47. The molecule has 2 aromatic heterocycles. The lowest BCUT2D eigenvalue weighted by Gasteiger charge is -2.06. The molecule has 154 valence electrons. The lowest BCUT2D eigenvalue weighted by Crippen LogP contribution is -2.14. The van der Waals surface area contributed by atoms with Crippen molar-refractivity contribution in [2.75, 3.05) is 10.5 Å². The normalized spacial score (nSPS) is 11.6. The number of sulfonamides is 1. The fraction of sp³-hybridized carbons (Fsp3) is 0.105. The topological polar surface area (TPSA) is 94.0 Å². The number of fused-ring (bicyclic) bond motifs is 1. The molecular weight excluding hydrogens is 461 g/mol. The number of hydrogen-bond donors (Lipinski definition) is 1. The van der Waals surface area contributed by atoms with E-state index in [1.54, 1.807) is 16.7 Å². The van der Waals surface area contributed by atoms with Crippen molar-refractivity contribution in [3.8, 4) is 0 Å². The van der Waals surface area contributed by atoms with E-state index in [4.69, 9.17) is 0 Å². The van der Waals surface area contributed by atoms with Gasteiger partial charge in [-0.1, -0.05) is 70.8 Å². The summed E-state index contributed by atoms with van der Waals surface area (Å²) in [6.07, 6.45) is 1.74. The zero-order valence-electron chi connectivity index (χ0n) is 15.5. The summed E-state index contributed by atoms with van der Waals surface area (Å²) >= 11 is 3.61. The molecule has 0 spiro atoms. The molecule has 4 rings (SSSR count). The number of thioether (sulfide) groups is 1. The highest BCUT2D eigenvalue weighted by atomic mass is 32.2. The minimum absolute atomic E-state index is 0.0682. The predicted octanol–water partition coefficient (Wildman–Crippen LogP) is 4.04. The van der Waals surface area contributed by atoms with E-state index >= 15 is 0 Å². The molecular formula is C19H16N4O3S4. The molecule has 0 aliphatic heterocycles. The van der Waals surface area contributed by atoms with Gasteiger partial charge in [-0.25, -0.2) is 8.42 Å². The Bertz CT molecular complexity index is 1360. The lowest BCUT2D eigenvalue weighted by molar-refractivity contribution is 0.601. The summed E-state index contributed by atoms with van der Waals surface area (Å²) in [5, 5.41) is 8.02. The van der Waals surface area contributed by atoms with Crippen LogP contribution in [0.3, 0.4) is 0 Å². The van der Waals surface area contributed by atoms with Crippen LogP contribution in [0, 0.1) is 0 Å². The molecule has 11 heteroatoms. The van der Waals surface area contributed by atoms with Crippen LogP contribution in [0.4, 0.5) is 5.13 Å². The molecule has 0 saturated carbocycles. The molecule has 0 radical (unpaired) electrons. The Morgan fingerprint density at radius 3 is 2.70 bits per heavy atom. The maximum Gasteiger partial charge on any atom is 0.308 e. The van der Waals surface area contributed by atoms with E-state index in [0.29, 0.717) is 26.9 Å². The van der Waals surface area contributed by atoms with Gasteiger partial charge >= 0.3 is 4.87 Å². The molecule has 0 bridgehead atoms. The third kappa shape index (κ3) is 4.48. The van der Waals surface area contributed by atoms with Crippen LogP contribution in [-0.2, 0) is 16.6 Å². The van der Waals surface area contributed by atoms with E-state index < -0.39 is 10.0 Å². The van der Waals surface area contributed by atoms with E-state index in [0.717, 1.165) is 28.2 Å². The van der Waals surface area contributed by atoms with Gasteiger partial charge in [-0.05, 0) is 23.8 Å². The van der Waals surface area contributed by atoms with Crippen molar-refractivity contribution in [2.45, 2.75) is 15.8 Å². The highest BCUT2D eigenvalue weighted by molar-refractivity contribution is 8.01. The molecule has 0 aliphatic carbocycles. The number of hydrogen-bond acceptors (Lipinski definition) is 8. The van der Waals surface area contributed by atoms with Gasteiger partial charge in [0.15, 0.2) is 4.34 Å². The van der Waals surface area contributed by atoms with Gasteiger partial charge in [-0.15, -0.1) is 16.8 Å². The van der Waals surface area contributed by atoms with E-state index in [-0.39, 0.29) is 14.9 Å². The molecule has 2 aromatic carbocycles. The highest BCUT2D eigenvalue weighted by Gasteiger charge is 2.19. The fourth-order valence-corrected chi connectivity index (χ4v) is 6.52. The van der Waals surface area contributed by atoms with Crippen molar-refractivity contribution in [1.82, 2.24) is 14.8 Å². The van der Waals surface area contributed by atoms with Gasteiger partial charge < -0.3 is 0 Å². The first kappa shape index (κ1) is 20.8. The molecule has 0 unspecified atom stereocenters. The summed E-state index contributed by atoms with van der Waals surface area (Å²) in [5.41, 5.74) is 1.70. The second kappa shape index (κ2) is 8.72. The second-order valence-electron chi connectivity index (χ2n) is 6.15. The SMILES string of the molecule is C=CCSc1nnc(NS(=O)(=O)c2ccc3c(c2)sc(=O)n3Cc2ccccc2)s1. The van der Waals surface area contributed by atoms with Crippen LogP contribution in [0.15, 0.2) is 75.2 Å². The summed E-state index contributed by atoms with van der Waals surface area (Å²) in [6, 6.07) is 14.3. The monoisotopic (exact) mass is 476 g/mol. The molecule has 0 saturated heterocycles. The third-order valence-electron chi connectivity index (χ3n) is 4.09. The Kier molecular flexibility index (Phi) is 6.04. The molecule has 4 aromatic rings. The summed E-state index contributed by atoms with van der Waals surface area (Å²) in [6.45, 7) is 4.07. The first-order valence-corrected chi connectivity index (χ1v) is 12.8. The molecule has 30 heavy (non-hydrogen) atoms. The number of aromatic nitrogens is 3. The smallest absolute Gasteiger partial charge is 0.294 e. The van der Waals surface area contributed by atoms with E-state index in [1.807, 2.05) is 30.3 Å². The van der Waals surface area contributed by atoms with E-state index in [9.17, 15) is 13.2 Å². The average molecular weight is 477 g/mol. The Morgan fingerprint density at radius 2 is 1.93 bits per heavy atom. The van der Waals surface area contributed by atoms with Crippen LogP contribution < -0.4 is 9.60 Å². The summed E-state index contributed by atoms with van der Waals surface area (Å²) in [4.78, 5) is 12.4. The van der Waals surface area contributed by atoms with Crippen LogP contribution >= 0.6 is 34.4 Å². The number of anilines is 1. The summed E-state index contributed by atoms with van der Waals surface area (Å²) in [7, 11) is -3.85. The second-order valence-corrected chi connectivity index (χ2v) is 11.1. The standard InChI is InChI=1S/C19H16N4O3S4/c1-2-10-27-18-21-20-17(29-18)22-30(25,26)14-8-9-15-16(11-14)28-19(24)23(15)12-13-6-4-3-5-7-13/h2-9,11H,1,10,12H2,(H,20,22). The average Bonchev–Trinajstić information content (AvgIpc) is 3.30. The maximum atomic E-state index is 12.8. The van der Waals surface area contributed by atoms with Crippen molar-refractivity contribution in [1.29, 1.82) is 0 Å². The number of thiazole rings is 1. The van der Waals surface area contributed by atoms with Crippen molar-refractivity contribution >= 4 is 59.8 Å². The van der Waals surface area contributed by atoms with Gasteiger partial charge in [-0.3, -0.25) is 14.1 Å². The van der Waals surface area contributed by atoms with E-state index in [2.05, 4.69) is 21.5 Å². The molecule has 0 fully saturated rings. The van der Waals surface area contributed by atoms with E-state index in [1.165, 1.54) is 23.9 Å². The predicted molar refractivity (Wildman–Crippen MR) is 123 cm³/mol. The van der Waals surface area contributed by atoms with Gasteiger partial charge in [-0.2, -0.15) is 0 Å². The summed E-state index contributed by atoms with van der Waals surface area (Å²) in [5.74, 6) is 0.664. The van der Waals surface area contributed by atoms with Crippen LogP contribution in [0.5, 0.6) is 0 Å². The van der Waals surface area contributed by atoms with Gasteiger partial charge in [0, 0.05) is 5.75 Å². The number of benzene rings is 2. The van der Waals surface area contributed by atoms with Crippen molar-refractivity contribution in [2.24, 2.45) is 0 Å². The first-order valence-electron chi connectivity index (χ1n) is 8.73. The zero-order chi connectivity index (χ0) is 21.1. The van der Waals surface area contributed by atoms with Gasteiger partial charge in [0.25, 0.3) is 10.0 Å². The van der Waals surface area contributed by atoms with Gasteiger partial charge in [0.2, 0.25) is 5.13 Å². The molecule has 2 heterocycles. The van der Waals surface area contributed by atoms with Crippen LogP contribution in [0.25, 0.3) is 10.2 Å². The van der Waals surface area contributed by atoms with Crippen LogP contribution in [0.2, 0.25) is 0 Å². The summed E-state index contributed by atoms with van der Waals surface area (Å²) < 4.78 is 30.9. The minimum Gasteiger partial charge on any atom is -0.294 e. The quantitative estimate of drug-likeness (QED) is 0.305. The molecule has 7 nitrogen and oxygen atoms in total. The maximum absolute atomic E-state index is 12.8. The zero-order valence-corrected chi connectivity index (χ0v) is 18.8. The van der Waals surface area contributed by atoms with Gasteiger partial charge in [0.1, 0.15) is 0 Å². The molecule has 0 atom stereocenters. The molecule has 0 amide bonds. The third-order valence-corrected chi connectivity index (χ3v) is 8.46. The Labute approximate surface area is 185 Å². The number of rotatable bonds is 8. The Morgan fingerprint density at radius 1 is 1.13 bits per heavy atom. The number of nitrogens with zero attached hydrogens (tertiary/aromatic N) is 3. The van der Waals surface area contributed by atoms with Gasteiger partial charge in [0.05, 0.1) is 21.7 Å². The highest BCUT2D eigenvalue weighted by Crippen LogP contribution is 2.28. The molecule has 1 N–H and O–H groups in total. The number of nitrogens with one attached hydrogen (secondary N) is 1. The lowest BCUT2D eigenvalue weighted by atomic mass is 10.2. The first-order chi connectivity index (χ1) is 14.5. The molecule has 0 aliphatic rings. The fourth-order valence-electron chi connectivity index (χ4n) is 2.74. The largest absolute Gasteiger partial charge is 0.308 e.